The third kappa shape index (κ3) is 4.38. The maximum Gasteiger partial charge on any atom is 0.248 e. The molecule has 2 aromatic carbocycles. The van der Waals surface area contributed by atoms with E-state index in [0.717, 1.165) is 0 Å². The predicted octanol–water partition coefficient (Wildman–Crippen LogP) is 2.16. The summed E-state index contributed by atoms with van der Waals surface area (Å²) >= 11 is 0. The number of ether oxygens (including phenoxy) is 2. The summed E-state index contributed by atoms with van der Waals surface area (Å²) in [5.41, 5.74) is 6.94. The van der Waals surface area contributed by atoms with Gasteiger partial charge in [0.2, 0.25) is 5.91 Å². The SMILES string of the molecule is COc1ccc(C(N)=O)cc1NCCOc1ccc(C#N)cc1. The summed E-state index contributed by atoms with van der Waals surface area (Å²) in [7, 11) is 1.55. The average molecular weight is 311 g/mol. The number of nitrogens with two attached hydrogens (primary N) is 1. The highest BCUT2D eigenvalue weighted by molar-refractivity contribution is 5.94. The van der Waals surface area contributed by atoms with Crippen LogP contribution in [0, 0.1) is 11.3 Å². The second kappa shape index (κ2) is 7.71. The molecule has 0 unspecified atom stereocenters. The fourth-order valence-corrected chi connectivity index (χ4v) is 1.98. The molecule has 0 atom stereocenters. The summed E-state index contributed by atoms with van der Waals surface area (Å²) in [6, 6.07) is 13.9. The van der Waals surface area contributed by atoms with Crippen LogP contribution in [0.1, 0.15) is 15.9 Å². The summed E-state index contributed by atoms with van der Waals surface area (Å²) in [5.74, 6) is 0.807. The minimum Gasteiger partial charge on any atom is -0.495 e. The van der Waals surface area contributed by atoms with E-state index in [0.29, 0.717) is 41.5 Å². The summed E-state index contributed by atoms with van der Waals surface area (Å²) in [6.45, 7) is 0.925. The number of hydrogen-bond donors (Lipinski definition) is 2. The van der Waals surface area contributed by atoms with Crippen molar-refractivity contribution in [2.45, 2.75) is 0 Å². The number of nitriles is 1. The maximum atomic E-state index is 11.2. The predicted molar refractivity (Wildman–Crippen MR) is 86.7 cm³/mol. The van der Waals surface area contributed by atoms with Gasteiger partial charge >= 0.3 is 0 Å². The largest absolute Gasteiger partial charge is 0.495 e. The van der Waals surface area contributed by atoms with Crippen molar-refractivity contribution < 1.29 is 14.3 Å². The average Bonchev–Trinajstić information content (AvgIpc) is 2.59. The van der Waals surface area contributed by atoms with Gasteiger partial charge in [0.25, 0.3) is 0 Å². The molecule has 3 N–H and O–H groups in total. The van der Waals surface area contributed by atoms with Gasteiger partial charge in [0.15, 0.2) is 0 Å². The molecule has 0 heterocycles. The Kier molecular flexibility index (Phi) is 5.42. The van der Waals surface area contributed by atoms with Crippen molar-refractivity contribution in [3.05, 3.63) is 53.6 Å². The van der Waals surface area contributed by atoms with Gasteiger partial charge in [-0.15, -0.1) is 0 Å². The number of nitrogens with one attached hydrogen (secondary N) is 1. The summed E-state index contributed by atoms with van der Waals surface area (Å²) in [5, 5.41) is 11.9. The molecular weight excluding hydrogens is 294 g/mol. The number of benzene rings is 2. The molecule has 6 heteroatoms. The van der Waals surface area contributed by atoms with Gasteiger partial charge in [-0.1, -0.05) is 0 Å². The molecule has 0 aromatic heterocycles. The Balaban J connectivity index is 1.91. The Bertz CT molecular complexity index is 721. The van der Waals surface area contributed by atoms with Crippen LogP contribution in [-0.4, -0.2) is 26.2 Å². The van der Waals surface area contributed by atoms with E-state index in [9.17, 15) is 4.79 Å². The van der Waals surface area contributed by atoms with E-state index in [2.05, 4.69) is 11.4 Å². The molecule has 1 amide bonds. The Labute approximate surface area is 134 Å². The standard InChI is InChI=1S/C17H17N3O3/c1-22-16-7-4-13(17(19)21)10-15(16)20-8-9-23-14-5-2-12(11-18)3-6-14/h2-7,10,20H,8-9H2,1H3,(H2,19,21). The molecule has 0 spiro atoms. The van der Waals surface area contributed by atoms with Crippen LogP contribution in [0.4, 0.5) is 5.69 Å². The molecular formula is C17H17N3O3. The third-order valence-electron chi connectivity index (χ3n) is 3.15. The monoisotopic (exact) mass is 311 g/mol. The second-order valence-electron chi connectivity index (χ2n) is 4.69. The van der Waals surface area contributed by atoms with E-state index < -0.39 is 5.91 Å². The van der Waals surface area contributed by atoms with E-state index in [1.165, 1.54) is 0 Å². The van der Waals surface area contributed by atoms with E-state index in [1.54, 1.807) is 49.6 Å². The Morgan fingerprint density at radius 1 is 1.26 bits per heavy atom. The molecule has 0 fully saturated rings. The summed E-state index contributed by atoms with van der Waals surface area (Å²) < 4.78 is 10.8. The number of primary amides is 1. The lowest BCUT2D eigenvalue weighted by molar-refractivity contribution is 0.100. The van der Waals surface area contributed by atoms with Gasteiger partial charge < -0.3 is 20.5 Å². The molecule has 23 heavy (non-hydrogen) atoms. The number of amides is 1. The molecule has 0 saturated carbocycles. The Morgan fingerprint density at radius 3 is 2.61 bits per heavy atom. The highest BCUT2D eigenvalue weighted by Gasteiger charge is 2.07. The van der Waals surface area contributed by atoms with Crippen LogP contribution in [0.15, 0.2) is 42.5 Å². The normalized spacial score (nSPS) is 9.74. The lowest BCUT2D eigenvalue weighted by atomic mass is 10.1. The molecule has 2 rings (SSSR count). The number of carbonyl (C=O) groups excluding carboxylic acids is 1. The molecule has 118 valence electrons. The Morgan fingerprint density at radius 2 is 2.00 bits per heavy atom. The minimum absolute atomic E-state index is 0.404. The summed E-state index contributed by atoms with van der Waals surface area (Å²) in [6.07, 6.45) is 0. The zero-order valence-corrected chi connectivity index (χ0v) is 12.7. The van der Waals surface area contributed by atoms with Crippen LogP contribution in [0.3, 0.4) is 0 Å². The van der Waals surface area contributed by atoms with Crippen LogP contribution in [0.5, 0.6) is 11.5 Å². The molecule has 2 aromatic rings. The van der Waals surface area contributed by atoms with Crippen molar-refractivity contribution in [3.63, 3.8) is 0 Å². The van der Waals surface area contributed by atoms with Crippen LogP contribution in [0.25, 0.3) is 0 Å². The van der Waals surface area contributed by atoms with E-state index >= 15 is 0 Å². The number of methoxy groups -OCH3 is 1. The van der Waals surface area contributed by atoms with E-state index in [4.69, 9.17) is 20.5 Å². The zero-order valence-electron chi connectivity index (χ0n) is 12.7. The van der Waals surface area contributed by atoms with E-state index in [-0.39, 0.29) is 0 Å². The molecule has 0 aliphatic carbocycles. The first-order valence-electron chi connectivity index (χ1n) is 6.98. The fraction of sp³-hybridized carbons (Fsp3) is 0.176. The van der Waals surface area contributed by atoms with Gasteiger partial charge in [-0.3, -0.25) is 4.79 Å². The van der Waals surface area contributed by atoms with Crippen molar-refractivity contribution >= 4 is 11.6 Å². The fourth-order valence-electron chi connectivity index (χ4n) is 1.98. The lowest BCUT2D eigenvalue weighted by Crippen LogP contribution is -2.14. The smallest absolute Gasteiger partial charge is 0.248 e. The quantitative estimate of drug-likeness (QED) is 0.764. The zero-order chi connectivity index (χ0) is 16.7. The van der Waals surface area contributed by atoms with Crippen LogP contribution < -0.4 is 20.5 Å². The van der Waals surface area contributed by atoms with Crippen molar-refractivity contribution in [2.24, 2.45) is 5.73 Å². The minimum atomic E-state index is -0.496. The topological polar surface area (TPSA) is 97.4 Å². The molecule has 6 nitrogen and oxygen atoms in total. The molecule has 0 bridgehead atoms. The lowest BCUT2D eigenvalue weighted by Gasteiger charge is -2.13. The number of carbonyl (C=O) groups is 1. The summed E-state index contributed by atoms with van der Waals surface area (Å²) in [4.78, 5) is 11.2. The molecule has 0 aliphatic rings. The first kappa shape index (κ1) is 16.2. The van der Waals surface area contributed by atoms with Crippen LogP contribution in [0.2, 0.25) is 0 Å². The van der Waals surface area contributed by atoms with Crippen molar-refractivity contribution in [2.75, 3.05) is 25.6 Å². The first-order chi connectivity index (χ1) is 11.1. The Hall–Kier alpha value is -3.20. The molecule has 0 aliphatic heterocycles. The van der Waals surface area contributed by atoms with Crippen LogP contribution >= 0.6 is 0 Å². The first-order valence-corrected chi connectivity index (χ1v) is 6.98. The molecule has 0 radical (unpaired) electrons. The van der Waals surface area contributed by atoms with E-state index in [1.807, 2.05) is 0 Å². The number of hydrogen-bond acceptors (Lipinski definition) is 5. The highest BCUT2D eigenvalue weighted by Crippen LogP contribution is 2.25. The van der Waals surface area contributed by atoms with Gasteiger partial charge in [0, 0.05) is 12.1 Å². The van der Waals surface area contributed by atoms with Crippen LogP contribution in [-0.2, 0) is 0 Å². The van der Waals surface area contributed by atoms with Gasteiger partial charge in [0.1, 0.15) is 18.1 Å². The van der Waals surface area contributed by atoms with Gasteiger partial charge in [-0.2, -0.15) is 5.26 Å². The van der Waals surface area contributed by atoms with Gasteiger partial charge in [0.05, 0.1) is 24.4 Å². The number of rotatable bonds is 7. The van der Waals surface area contributed by atoms with Gasteiger partial charge in [-0.05, 0) is 42.5 Å². The molecule has 0 saturated heterocycles. The number of anilines is 1. The van der Waals surface area contributed by atoms with Crippen molar-refractivity contribution in [1.29, 1.82) is 5.26 Å². The second-order valence-corrected chi connectivity index (χ2v) is 4.69. The maximum absolute atomic E-state index is 11.2. The van der Waals surface area contributed by atoms with Gasteiger partial charge in [-0.25, -0.2) is 0 Å². The highest BCUT2D eigenvalue weighted by atomic mass is 16.5. The van der Waals surface area contributed by atoms with Crippen molar-refractivity contribution in [3.8, 4) is 17.6 Å². The third-order valence-corrected chi connectivity index (χ3v) is 3.15. The number of nitrogens with zero attached hydrogens (tertiary/aromatic N) is 1. The van der Waals surface area contributed by atoms with Crippen molar-refractivity contribution in [1.82, 2.24) is 0 Å².